The summed E-state index contributed by atoms with van der Waals surface area (Å²) in [6.07, 6.45) is 2.33. The molecule has 0 saturated carbocycles. The van der Waals surface area contributed by atoms with Crippen LogP contribution in [-0.2, 0) is 11.2 Å². The van der Waals surface area contributed by atoms with Crippen molar-refractivity contribution in [3.05, 3.63) is 70.9 Å². The van der Waals surface area contributed by atoms with Crippen molar-refractivity contribution in [2.45, 2.75) is 13.3 Å². The largest absolute Gasteiger partial charge is 0.497 e. The SMILES string of the molecule is COc1ccc(CCNC(=O)C(C#N)=Cc2c(C)[nH]c3ccccc23)cc1. The van der Waals surface area contributed by atoms with Crippen molar-refractivity contribution in [2.75, 3.05) is 13.7 Å². The average Bonchev–Trinajstić information content (AvgIpc) is 3.01. The van der Waals surface area contributed by atoms with E-state index < -0.39 is 0 Å². The Morgan fingerprint density at radius 1 is 1.22 bits per heavy atom. The molecule has 0 aliphatic rings. The molecule has 2 N–H and O–H groups in total. The van der Waals surface area contributed by atoms with Crippen LogP contribution in [0.2, 0.25) is 0 Å². The predicted octanol–water partition coefficient (Wildman–Crippen LogP) is 3.75. The van der Waals surface area contributed by atoms with Gasteiger partial charge in [-0.2, -0.15) is 5.26 Å². The lowest BCUT2D eigenvalue weighted by molar-refractivity contribution is -0.117. The van der Waals surface area contributed by atoms with Gasteiger partial charge in [-0.1, -0.05) is 30.3 Å². The number of H-pyrrole nitrogens is 1. The van der Waals surface area contributed by atoms with Gasteiger partial charge in [-0.15, -0.1) is 0 Å². The van der Waals surface area contributed by atoms with Crippen molar-refractivity contribution in [1.29, 1.82) is 5.26 Å². The van der Waals surface area contributed by atoms with E-state index in [-0.39, 0.29) is 11.5 Å². The summed E-state index contributed by atoms with van der Waals surface area (Å²) < 4.78 is 5.13. The number of carbonyl (C=O) groups is 1. The van der Waals surface area contributed by atoms with Gasteiger partial charge in [0, 0.05) is 28.7 Å². The minimum absolute atomic E-state index is 0.0950. The van der Waals surface area contributed by atoms with E-state index in [1.807, 2.05) is 61.5 Å². The monoisotopic (exact) mass is 359 g/mol. The smallest absolute Gasteiger partial charge is 0.261 e. The maximum atomic E-state index is 12.4. The summed E-state index contributed by atoms with van der Waals surface area (Å²) in [4.78, 5) is 15.7. The third kappa shape index (κ3) is 4.18. The maximum absolute atomic E-state index is 12.4. The first-order valence-corrected chi connectivity index (χ1v) is 8.72. The zero-order valence-electron chi connectivity index (χ0n) is 15.4. The molecule has 5 heteroatoms. The van der Waals surface area contributed by atoms with Gasteiger partial charge in [0.05, 0.1) is 7.11 Å². The number of aromatic nitrogens is 1. The van der Waals surface area contributed by atoms with Crippen molar-refractivity contribution in [1.82, 2.24) is 10.3 Å². The summed E-state index contributed by atoms with van der Waals surface area (Å²) in [6.45, 7) is 2.39. The van der Waals surface area contributed by atoms with Crippen LogP contribution in [0.5, 0.6) is 5.75 Å². The molecule has 2 aromatic carbocycles. The molecular weight excluding hydrogens is 338 g/mol. The Labute approximate surface area is 158 Å². The Kier molecular flexibility index (Phi) is 5.58. The van der Waals surface area contributed by atoms with Crippen LogP contribution < -0.4 is 10.1 Å². The molecule has 136 valence electrons. The summed E-state index contributed by atoms with van der Waals surface area (Å²) in [5, 5.41) is 13.2. The Balaban J connectivity index is 1.69. The number of rotatable bonds is 6. The normalized spacial score (nSPS) is 11.2. The molecule has 0 aliphatic carbocycles. The number of amides is 1. The number of benzene rings is 2. The Morgan fingerprint density at radius 2 is 1.96 bits per heavy atom. The fraction of sp³-hybridized carbons (Fsp3) is 0.182. The van der Waals surface area contributed by atoms with Gasteiger partial charge in [-0.25, -0.2) is 0 Å². The highest BCUT2D eigenvalue weighted by Gasteiger charge is 2.12. The number of nitrogens with zero attached hydrogens (tertiary/aromatic N) is 1. The Morgan fingerprint density at radius 3 is 2.67 bits per heavy atom. The third-order valence-corrected chi connectivity index (χ3v) is 4.46. The minimum atomic E-state index is -0.365. The van der Waals surface area contributed by atoms with Gasteiger partial charge in [0.1, 0.15) is 17.4 Å². The molecule has 0 radical (unpaired) electrons. The number of carbonyl (C=O) groups excluding carboxylic acids is 1. The molecule has 5 nitrogen and oxygen atoms in total. The zero-order chi connectivity index (χ0) is 19.2. The molecule has 0 fully saturated rings. The number of methoxy groups -OCH3 is 1. The number of fused-ring (bicyclic) bond motifs is 1. The molecule has 0 saturated heterocycles. The van der Waals surface area contributed by atoms with E-state index in [9.17, 15) is 10.1 Å². The molecular formula is C22H21N3O2. The second-order valence-electron chi connectivity index (χ2n) is 6.23. The van der Waals surface area contributed by atoms with E-state index in [1.54, 1.807) is 13.2 Å². The molecule has 3 aromatic rings. The van der Waals surface area contributed by atoms with Crippen LogP contribution in [0.25, 0.3) is 17.0 Å². The van der Waals surface area contributed by atoms with Crippen molar-refractivity contribution in [2.24, 2.45) is 0 Å². The number of hydrogen-bond acceptors (Lipinski definition) is 3. The van der Waals surface area contributed by atoms with Crippen LogP contribution >= 0.6 is 0 Å². The second-order valence-corrected chi connectivity index (χ2v) is 6.23. The minimum Gasteiger partial charge on any atom is -0.497 e. The van der Waals surface area contributed by atoms with Gasteiger partial charge in [-0.05, 0) is 43.2 Å². The van der Waals surface area contributed by atoms with Crippen molar-refractivity contribution < 1.29 is 9.53 Å². The number of ether oxygens (including phenoxy) is 1. The van der Waals surface area contributed by atoms with Gasteiger partial charge in [0.2, 0.25) is 0 Å². The Hall–Kier alpha value is -3.52. The van der Waals surface area contributed by atoms with Crippen LogP contribution in [-0.4, -0.2) is 24.5 Å². The first kappa shape index (κ1) is 18.3. The van der Waals surface area contributed by atoms with Crippen molar-refractivity contribution in [3.63, 3.8) is 0 Å². The lowest BCUT2D eigenvalue weighted by Crippen LogP contribution is -2.26. The number of hydrogen-bond donors (Lipinski definition) is 2. The quantitative estimate of drug-likeness (QED) is 0.520. The van der Waals surface area contributed by atoms with Gasteiger partial charge in [-0.3, -0.25) is 4.79 Å². The lowest BCUT2D eigenvalue weighted by Gasteiger charge is -2.06. The highest BCUT2D eigenvalue weighted by atomic mass is 16.5. The van der Waals surface area contributed by atoms with Gasteiger partial charge < -0.3 is 15.0 Å². The molecule has 3 rings (SSSR count). The van der Waals surface area contributed by atoms with E-state index in [4.69, 9.17) is 4.74 Å². The summed E-state index contributed by atoms with van der Waals surface area (Å²) in [7, 11) is 1.63. The van der Waals surface area contributed by atoms with E-state index in [2.05, 4.69) is 10.3 Å². The van der Waals surface area contributed by atoms with Crippen LogP contribution in [0.3, 0.4) is 0 Å². The lowest BCUT2D eigenvalue weighted by atomic mass is 10.1. The number of aryl methyl sites for hydroxylation is 1. The van der Waals surface area contributed by atoms with E-state index in [1.165, 1.54) is 0 Å². The van der Waals surface area contributed by atoms with Crippen LogP contribution in [0.15, 0.2) is 54.1 Å². The number of nitrogens with one attached hydrogen (secondary N) is 2. The number of nitriles is 1. The standard InChI is InChI=1S/C22H21N3O2/c1-15-20(19-5-3-4-6-21(19)25-15)13-17(14-23)22(26)24-12-11-16-7-9-18(27-2)10-8-16/h3-10,13,25H,11-12H2,1-2H3,(H,24,26). The average molecular weight is 359 g/mol. The molecule has 0 bridgehead atoms. The van der Waals surface area contributed by atoms with E-state index >= 15 is 0 Å². The van der Waals surface area contributed by atoms with E-state index in [0.717, 1.165) is 33.5 Å². The number of para-hydroxylation sites is 1. The highest BCUT2D eigenvalue weighted by molar-refractivity contribution is 6.04. The fourth-order valence-corrected chi connectivity index (χ4v) is 2.99. The predicted molar refractivity (Wildman–Crippen MR) is 106 cm³/mol. The van der Waals surface area contributed by atoms with Crippen molar-refractivity contribution >= 4 is 22.9 Å². The van der Waals surface area contributed by atoms with E-state index in [0.29, 0.717) is 13.0 Å². The third-order valence-electron chi connectivity index (χ3n) is 4.46. The molecule has 0 unspecified atom stereocenters. The van der Waals surface area contributed by atoms with Gasteiger partial charge in [0.25, 0.3) is 5.91 Å². The zero-order valence-corrected chi connectivity index (χ0v) is 15.4. The molecule has 1 amide bonds. The summed E-state index contributed by atoms with van der Waals surface area (Å²) >= 11 is 0. The molecule has 0 atom stereocenters. The van der Waals surface area contributed by atoms with Crippen LogP contribution in [0.4, 0.5) is 0 Å². The summed E-state index contributed by atoms with van der Waals surface area (Å²) in [5.41, 5.74) is 3.96. The van der Waals surface area contributed by atoms with Crippen LogP contribution in [0, 0.1) is 18.3 Å². The molecule has 1 aromatic heterocycles. The Bertz CT molecular complexity index is 1020. The van der Waals surface area contributed by atoms with Gasteiger partial charge >= 0.3 is 0 Å². The molecule has 27 heavy (non-hydrogen) atoms. The molecule has 0 aliphatic heterocycles. The molecule has 0 spiro atoms. The van der Waals surface area contributed by atoms with Crippen LogP contribution in [0.1, 0.15) is 16.8 Å². The second kappa shape index (κ2) is 8.24. The summed E-state index contributed by atoms with van der Waals surface area (Å²) in [5.74, 6) is 0.433. The maximum Gasteiger partial charge on any atom is 0.261 e. The molecule has 1 heterocycles. The first-order valence-electron chi connectivity index (χ1n) is 8.72. The van der Waals surface area contributed by atoms with Gasteiger partial charge in [0.15, 0.2) is 0 Å². The topological polar surface area (TPSA) is 77.9 Å². The highest BCUT2D eigenvalue weighted by Crippen LogP contribution is 2.24. The fourth-order valence-electron chi connectivity index (χ4n) is 2.99. The first-order chi connectivity index (χ1) is 13.1. The van der Waals surface area contributed by atoms with Crippen molar-refractivity contribution in [3.8, 4) is 11.8 Å². The summed E-state index contributed by atoms with van der Waals surface area (Å²) in [6, 6.07) is 17.5. The number of aromatic amines is 1.